The molecule has 0 unspecified atom stereocenters. The Balaban J connectivity index is 1.68. The number of rotatable bonds is 5. The third-order valence-corrected chi connectivity index (χ3v) is 5.66. The van der Waals surface area contributed by atoms with Gasteiger partial charge in [0.25, 0.3) is 0 Å². The summed E-state index contributed by atoms with van der Waals surface area (Å²) in [7, 11) is -3.26. The quantitative estimate of drug-likeness (QED) is 0.616. The van der Waals surface area contributed by atoms with Crippen molar-refractivity contribution < 1.29 is 13.2 Å². The van der Waals surface area contributed by atoms with Gasteiger partial charge in [-0.05, 0) is 24.3 Å². The summed E-state index contributed by atoms with van der Waals surface area (Å²) in [5.41, 5.74) is 7.64. The number of anilines is 4. The molecule has 0 radical (unpaired) electrons. The Morgan fingerprint density at radius 2 is 1.73 bits per heavy atom. The second-order valence-corrected chi connectivity index (χ2v) is 8.81. The standard InChI is InChI=1S/C19H21N7O3S/c1-30(27,28)15-4-2-14(3-5-15)23-17-10-16(13-11-21-18(20)22-12-13)24-19(25-17)26-6-8-29-9-7-26/h2-5,10-12H,6-9H2,1H3,(H2,20,21,22)(H,23,24,25). The summed E-state index contributed by atoms with van der Waals surface area (Å²) in [5.74, 6) is 1.30. The average molecular weight is 427 g/mol. The molecule has 11 heteroatoms. The maximum Gasteiger partial charge on any atom is 0.228 e. The second kappa shape index (κ2) is 8.20. The first kappa shape index (κ1) is 20.0. The molecular weight excluding hydrogens is 406 g/mol. The zero-order chi connectivity index (χ0) is 21.1. The van der Waals surface area contributed by atoms with Crippen LogP contribution in [0, 0.1) is 0 Å². The zero-order valence-electron chi connectivity index (χ0n) is 16.3. The minimum atomic E-state index is -3.26. The van der Waals surface area contributed by atoms with Gasteiger partial charge < -0.3 is 20.7 Å². The van der Waals surface area contributed by atoms with Gasteiger partial charge in [-0.3, -0.25) is 0 Å². The van der Waals surface area contributed by atoms with Crippen LogP contribution in [0.25, 0.3) is 11.3 Å². The SMILES string of the molecule is CS(=O)(=O)c1ccc(Nc2cc(-c3cnc(N)nc3)nc(N3CCOCC3)n2)cc1. The van der Waals surface area contributed by atoms with E-state index in [1.165, 1.54) is 6.26 Å². The number of benzene rings is 1. The van der Waals surface area contributed by atoms with Gasteiger partial charge in [0, 0.05) is 49.1 Å². The van der Waals surface area contributed by atoms with Gasteiger partial charge in [-0.1, -0.05) is 0 Å². The molecule has 30 heavy (non-hydrogen) atoms. The predicted molar refractivity (Wildman–Crippen MR) is 113 cm³/mol. The molecule has 0 bridgehead atoms. The Labute approximate surface area is 174 Å². The smallest absolute Gasteiger partial charge is 0.228 e. The number of nitrogens with one attached hydrogen (secondary N) is 1. The number of nitrogens with two attached hydrogens (primary N) is 1. The number of hydrogen-bond acceptors (Lipinski definition) is 10. The predicted octanol–water partition coefficient (Wildman–Crippen LogP) is 1.50. The summed E-state index contributed by atoms with van der Waals surface area (Å²) in [6.45, 7) is 2.58. The molecule has 156 valence electrons. The molecule has 1 saturated heterocycles. The molecule has 0 atom stereocenters. The van der Waals surface area contributed by atoms with Crippen molar-refractivity contribution in [3.63, 3.8) is 0 Å². The molecule has 10 nitrogen and oxygen atoms in total. The molecule has 1 aliphatic rings. The Kier molecular flexibility index (Phi) is 5.46. The maximum absolute atomic E-state index is 11.7. The average Bonchev–Trinajstić information content (AvgIpc) is 2.74. The fourth-order valence-electron chi connectivity index (χ4n) is 2.95. The maximum atomic E-state index is 11.7. The molecule has 4 rings (SSSR count). The van der Waals surface area contributed by atoms with E-state index >= 15 is 0 Å². The number of hydrogen-bond donors (Lipinski definition) is 2. The van der Waals surface area contributed by atoms with E-state index in [9.17, 15) is 8.42 Å². The van der Waals surface area contributed by atoms with E-state index < -0.39 is 9.84 Å². The number of aromatic nitrogens is 4. The molecule has 0 amide bonds. The topological polar surface area (TPSA) is 136 Å². The Hall–Kier alpha value is -3.31. The van der Waals surface area contributed by atoms with E-state index in [0.717, 1.165) is 0 Å². The van der Waals surface area contributed by atoms with E-state index in [-0.39, 0.29) is 10.8 Å². The molecule has 1 aliphatic heterocycles. The van der Waals surface area contributed by atoms with Crippen LogP contribution in [-0.2, 0) is 14.6 Å². The molecule has 3 heterocycles. The summed E-state index contributed by atoms with van der Waals surface area (Å²) in [6, 6.07) is 8.27. The highest BCUT2D eigenvalue weighted by atomic mass is 32.2. The summed E-state index contributed by atoms with van der Waals surface area (Å²) in [6.07, 6.45) is 4.40. The molecule has 1 fully saturated rings. The lowest BCUT2D eigenvalue weighted by atomic mass is 10.2. The van der Waals surface area contributed by atoms with Crippen LogP contribution < -0.4 is 16.0 Å². The summed E-state index contributed by atoms with van der Waals surface area (Å²) in [4.78, 5) is 19.7. The van der Waals surface area contributed by atoms with Gasteiger partial charge in [-0.25, -0.2) is 23.4 Å². The number of ether oxygens (including phenoxy) is 1. The van der Waals surface area contributed by atoms with Crippen molar-refractivity contribution in [2.45, 2.75) is 4.90 Å². The van der Waals surface area contributed by atoms with Crippen molar-refractivity contribution in [1.82, 2.24) is 19.9 Å². The molecule has 3 N–H and O–H groups in total. The van der Waals surface area contributed by atoms with Crippen LogP contribution in [0.2, 0.25) is 0 Å². The Morgan fingerprint density at radius 3 is 2.37 bits per heavy atom. The Bertz CT molecular complexity index is 1130. The monoisotopic (exact) mass is 427 g/mol. The van der Waals surface area contributed by atoms with E-state index in [0.29, 0.717) is 55.0 Å². The van der Waals surface area contributed by atoms with Gasteiger partial charge in [-0.2, -0.15) is 4.98 Å². The van der Waals surface area contributed by atoms with Crippen molar-refractivity contribution in [3.05, 3.63) is 42.7 Å². The zero-order valence-corrected chi connectivity index (χ0v) is 17.1. The summed E-state index contributed by atoms with van der Waals surface area (Å²) in [5, 5.41) is 3.21. The van der Waals surface area contributed by atoms with Gasteiger partial charge in [0.05, 0.1) is 23.8 Å². The van der Waals surface area contributed by atoms with Crippen LogP contribution in [0.3, 0.4) is 0 Å². The van der Waals surface area contributed by atoms with Gasteiger partial charge in [0.2, 0.25) is 11.9 Å². The van der Waals surface area contributed by atoms with E-state index in [4.69, 9.17) is 10.5 Å². The van der Waals surface area contributed by atoms with Crippen LogP contribution >= 0.6 is 0 Å². The number of nitrogens with zero attached hydrogens (tertiary/aromatic N) is 5. The van der Waals surface area contributed by atoms with Crippen LogP contribution in [0.4, 0.5) is 23.4 Å². The Morgan fingerprint density at radius 1 is 1.07 bits per heavy atom. The molecule has 2 aromatic heterocycles. The van der Waals surface area contributed by atoms with Gasteiger partial charge in [0.1, 0.15) is 5.82 Å². The van der Waals surface area contributed by atoms with E-state index in [1.807, 2.05) is 4.90 Å². The van der Waals surface area contributed by atoms with Crippen molar-refractivity contribution >= 4 is 33.2 Å². The number of morpholine rings is 1. The second-order valence-electron chi connectivity index (χ2n) is 6.79. The van der Waals surface area contributed by atoms with Gasteiger partial charge in [-0.15, -0.1) is 0 Å². The van der Waals surface area contributed by atoms with Crippen molar-refractivity contribution in [2.24, 2.45) is 0 Å². The van der Waals surface area contributed by atoms with E-state index in [2.05, 4.69) is 25.3 Å². The first-order chi connectivity index (χ1) is 14.4. The van der Waals surface area contributed by atoms with Crippen molar-refractivity contribution in [3.8, 4) is 11.3 Å². The highest BCUT2D eigenvalue weighted by molar-refractivity contribution is 7.90. The molecule has 0 saturated carbocycles. The fourth-order valence-corrected chi connectivity index (χ4v) is 3.59. The van der Waals surface area contributed by atoms with Crippen LogP contribution in [0.5, 0.6) is 0 Å². The fraction of sp³-hybridized carbons (Fsp3) is 0.263. The molecule has 3 aromatic rings. The third kappa shape index (κ3) is 4.63. The molecule has 0 spiro atoms. The van der Waals surface area contributed by atoms with Crippen LogP contribution in [-0.4, -0.2) is 60.9 Å². The summed E-state index contributed by atoms with van der Waals surface area (Å²) < 4.78 is 28.8. The molecular formula is C19H21N7O3S. The largest absolute Gasteiger partial charge is 0.378 e. The minimum absolute atomic E-state index is 0.186. The number of sulfone groups is 1. The normalized spacial score (nSPS) is 14.5. The minimum Gasteiger partial charge on any atom is -0.378 e. The first-order valence-corrected chi connectivity index (χ1v) is 11.1. The first-order valence-electron chi connectivity index (χ1n) is 9.25. The highest BCUT2D eigenvalue weighted by Gasteiger charge is 2.17. The molecule has 0 aliphatic carbocycles. The van der Waals surface area contributed by atoms with Crippen molar-refractivity contribution in [1.29, 1.82) is 0 Å². The lowest BCUT2D eigenvalue weighted by molar-refractivity contribution is 0.122. The van der Waals surface area contributed by atoms with Gasteiger partial charge in [0.15, 0.2) is 9.84 Å². The van der Waals surface area contributed by atoms with Crippen molar-refractivity contribution in [2.75, 3.05) is 48.5 Å². The highest BCUT2D eigenvalue weighted by Crippen LogP contribution is 2.25. The van der Waals surface area contributed by atoms with E-state index in [1.54, 1.807) is 42.7 Å². The van der Waals surface area contributed by atoms with Crippen LogP contribution in [0.15, 0.2) is 47.6 Å². The molecule has 1 aromatic carbocycles. The van der Waals surface area contributed by atoms with Gasteiger partial charge >= 0.3 is 0 Å². The van der Waals surface area contributed by atoms with Crippen LogP contribution in [0.1, 0.15) is 0 Å². The summed E-state index contributed by atoms with van der Waals surface area (Å²) >= 11 is 0. The lowest BCUT2D eigenvalue weighted by Crippen LogP contribution is -2.37. The number of nitrogen functional groups attached to an aromatic ring is 1. The third-order valence-electron chi connectivity index (χ3n) is 4.53. The lowest BCUT2D eigenvalue weighted by Gasteiger charge is -2.27.